The summed E-state index contributed by atoms with van der Waals surface area (Å²) >= 11 is 15.1. The van der Waals surface area contributed by atoms with Crippen molar-refractivity contribution in [2.75, 3.05) is 0 Å². The third kappa shape index (κ3) is 9.45. The molecule has 0 fully saturated rings. The summed E-state index contributed by atoms with van der Waals surface area (Å²) in [6.07, 6.45) is 11.0. The third-order valence-corrected chi connectivity index (χ3v) is 11.4. The summed E-state index contributed by atoms with van der Waals surface area (Å²) in [5, 5.41) is 23.0. The molecule has 2 nitrogen and oxygen atoms in total. The zero-order valence-electron chi connectivity index (χ0n) is 21.2. The first kappa shape index (κ1) is 32.6. The van der Waals surface area contributed by atoms with Crippen molar-refractivity contribution >= 4 is 72.7 Å². The van der Waals surface area contributed by atoms with E-state index in [2.05, 4.69) is 97.5 Å². The molecule has 1 aromatic rings. The van der Waals surface area contributed by atoms with Gasteiger partial charge >= 0.3 is 0 Å². The van der Waals surface area contributed by atoms with Crippen LogP contribution >= 0.6 is 63.7 Å². The average molecular weight is 730 g/mol. The van der Waals surface area contributed by atoms with Crippen LogP contribution in [0, 0.1) is 0 Å². The molecule has 34 heavy (non-hydrogen) atoms. The smallest absolute Gasteiger partial charge is 0.0972 e. The van der Waals surface area contributed by atoms with Gasteiger partial charge in [-0.2, -0.15) is 0 Å². The summed E-state index contributed by atoms with van der Waals surface area (Å²) in [5.74, 6) is 0. The number of hydrogen-bond acceptors (Lipinski definition) is 2. The van der Waals surface area contributed by atoms with Crippen LogP contribution in [-0.2, 0) is 0 Å². The molecule has 1 rings (SSSR count). The van der Waals surface area contributed by atoms with Gasteiger partial charge in [-0.3, -0.25) is 0 Å². The Kier molecular flexibility index (Phi) is 15.7. The summed E-state index contributed by atoms with van der Waals surface area (Å²) in [6, 6.07) is 8.20. The van der Waals surface area contributed by atoms with Crippen molar-refractivity contribution in [3.8, 4) is 0 Å². The summed E-state index contributed by atoms with van der Waals surface area (Å²) in [5.41, 5.74) is 0.210. The Bertz CT molecular complexity index is 737. The highest BCUT2D eigenvalue weighted by molar-refractivity contribution is 9.17. The Hall–Kier alpha value is 0.540. The lowest BCUT2D eigenvalue weighted by Crippen LogP contribution is -2.29. The van der Waals surface area contributed by atoms with Crippen LogP contribution < -0.4 is 0 Å². The lowest BCUT2D eigenvalue weighted by atomic mass is 9.89. The Balaban J connectivity index is 3.42. The van der Waals surface area contributed by atoms with E-state index in [1.165, 1.54) is 0 Å². The standard InChI is InChI=1S/C28H42Br4O2/c1-5-9-16-27(33,17-10-6-2)25(31)23(29)21-14-13-15-22(20-21)24(30)26(32)28(34,18-11-7-3)19-12-8-4/h13-15,20,33-34H,5-12,16-19H2,1-4H3/b25-23+,26-24+. The summed E-state index contributed by atoms with van der Waals surface area (Å²) in [6.45, 7) is 8.61. The first-order valence-electron chi connectivity index (χ1n) is 12.8. The molecule has 0 spiro atoms. The predicted molar refractivity (Wildman–Crippen MR) is 164 cm³/mol. The molecule has 0 atom stereocenters. The minimum absolute atomic E-state index is 0.732. The van der Waals surface area contributed by atoms with Crippen molar-refractivity contribution in [1.82, 2.24) is 0 Å². The van der Waals surface area contributed by atoms with E-state index in [-0.39, 0.29) is 0 Å². The lowest BCUT2D eigenvalue weighted by molar-refractivity contribution is 0.0647. The maximum Gasteiger partial charge on any atom is 0.0972 e. The van der Waals surface area contributed by atoms with Gasteiger partial charge in [0.2, 0.25) is 0 Å². The van der Waals surface area contributed by atoms with Gasteiger partial charge in [0.1, 0.15) is 0 Å². The Morgan fingerprint density at radius 1 is 0.618 bits per heavy atom. The van der Waals surface area contributed by atoms with Crippen LogP contribution in [0.25, 0.3) is 8.96 Å². The predicted octanol–water partition coefficient (Wildman–Crippen LogP) is 10.8. The molecule has 0 aliphatic rings. The summed E-state index contributed by atoms with van der Waals surface area (Å²) in [4.78, 5) is 0. The van der Waals surface area contributed by atoms with Crippen molar-refractivity contribution in [1.29, 1.82) is 0 Å². The number of benzene rings is 1. The van der Waals surface area contributed by atoms with Crippen molar-refractivity contribution in [2.24, 2.45) is 0 Å². The van der Waals surface area contributed by atoms with E-state index in [0.717, 1.165) is 106 Å². The van der Waals surface area contributed by atoms with Gasteiger partial charge in [-0.15, -0.1) is 0 Å². The van der Waals surface area contributed by atoms with Crippen molar-refractivity contribution in [3.05, 3.63) is 44.4 Å². The van der Waals surface area contributed by atoms with Crippen LogP contribution in [0.1, 0.15) is 116 Å². The molecule has 0 heterocycles. The van der Waals surface area contributed by atoms with Gasteiger partial charge in [0, 0.05) is 17.9 Å². The van der Waals surface area contributed by atoms with Crippen molar-refractivity contribution in [3.63, 3.8) is 0 Å². The molecule has 0 aromatic heterocycles. The van der Waals surface area contributed by atoms with E-state index in [0.29, 0.717) is 0 Å². The Labute approximate surface area is 241 Å². The molecular formula is C28H42Br4O2. The van der Waals surface area contributed by atoms with E-state index < -0.39 is 11.2 Å². The normalized spacial score (nSPS) is 14.2. The molecule has 0 aliphatic carbocycles. The summed E-state index contributed by atoms with van der Waals surface area (Å²) in [7, 11) is 0. The van der Waals surface area contributed by atoms with Gasteiger partial charge in [-0.1, -0.05) is 129 Å². The molecule has 6 heteroatoms. The largest absolute Gasteiger partial charge is 0.385 e. The lowest BCUT2D eigenvalue weighted by Gasteiger charge is -2.30. The number of hydrogen-bond donors (Lipinski definition) is 2. The van der Waals surface area contributed by atoms with E-state index in [4.69, 9.17) is 0 Å². The molecule has 0 bridgehead atoms. The molecule has 0 saturated heterocycles. The van der Waals surface area contributed by atoms with Gasteiger partial charge in [-0.05, 0) is 74.7 Å². The van der Waals surface area contributed by atoms with Gasteiger partial charge in [-0.25, -0.2) is 0 Å². The molecular weight excluding hydrogens is 688 g/mol. The van der Waals surface area contributed by atoms with Crippen LogP contribution in [0.4, 0.5) is 0 Å². The second kappa shape index (κ2) is 16.4. The molecule has 2 N–H and O–H groups in total. The van der Waals surface area contributed by atoms with Crippen LogP contribution in [0.3, 0.4) is 0 Å². The third-order valence-electron chi connectivity index (χ3n) is 6.35. The molecule has 0 unspecified atom stereocenters. The number of rotatable bonds is 16. The SMILES string of the molecule is CCCCC(O)(CCCC)/C(Br)=C(\Br)c1cccc(/C(Br)=C(\Br)C(O)(CCCC)CCCC)c1. The minimum atomic E-state index is -0.880. The molecule has 194 valence electrons. The minimum Gasteiger partial charge on any atom is -0.385 e. The molecule has 1 aromatic carbocycles. The van der Waals surface area contributed by atoms with Crippen LogP contribution in [0.15, 0.2) is 33.2 Å². The fraction of sp³-hybridized carbons (Fsp3) is 0.643. The first-order chi connectivity index (χ1) is 16.1. The zero-order valence-corrected chi connectivity index (χ0v) is 27.5. The maximum absolute atomic E-state index is 11.5. The quantitative estimate of drug-likeness (QED) is 0.178. The fourth-order valence-corrected chi connectivity index (χ4v) is 6.50. The Morgan fingerprint density at radius 2 is 0.912 bits per heavy atom. The highest BCUT2D eigenvalue weighted by Crippen LogP contribution is 2.44. The number of unbranched alkanes of at least 4 members (excludes halogenated alkanes) is 4. The highest BCUT2D eigenvalue weighted by Gasteiger charge is 2.33. The average Bonchev–Trinajstić information content (AvgIpc) is 2.86. The van der Waals surface area contributed by atoms with E-state index in [1.54, 1.807) is 0 Å². The molecule has 0 aliphatic heterocycles. The molecule has 0 radical (unpaired) electrons. The first-order valence-corrected chi connectivity index (χ1v) is 15.9. The van der Waals surface area contributed by atoms with Gasteiger partial charge < -0.3 is 10.2 Å². The highest BCUT2D eigenvalue weighted by atomic mass is 79.9. The van der Waals surface area contributed by atoms with E-state index in [1.807, 2.05) is 18.2 Å². The molecule has 0 amide bonds. The zero-order chi connectivity index (χ0) is 25.8. The summed E-state index contributed by atoms with van der Waals surface area (Å²) < 4.78 is 3.35. The number of halogens is 4. The maximum atomic E-state index is 11.5. The van der Waals surface area contributed by atoms with Crippen LogP contribution in [0.5, 0.6) is 0 Å². The number of aliphatic hydroxyl groups is 2. The van der Waals surface area contributed by atoms with Gasteiger partial charge in [0.05, 0.1) is 11.2 Å². The van der Waals surface area contributed by atoms with Crippen LogP contribution in [0.2, 0.25) is 0 Å². The second-order valence-electron chi connectivity index (χ2n) is 9.31. The van der Waals surface area contributed by atoms with Crippen molar-refractivity contribution in [2.45, 2.75) is 116 Å². The van der Waals surface area contributed by atoms with E-state index >= 15 is 0 Å². The van der Waals surface area contributed by atoms with E-state index in [9.17, 15) is 10.2 Å². The monoisotopic (exact) mass is 726 g/mol. The van der Waals surface area contributed by atoms with Gasteiger partial charge in [0.25, 0.3) is 0 Å². The fourth-order valence-electron chi connectivity index (χ4n) is 4.02. The topological polar surface area (TPSA) is 40.5 Å². The second-order valence-corrected chi connectivity index (χ2v) is 12.5. The van der Waals surface area contributed by atoms with Crippen molar-refractivity contribution < 1.29 is 10.2 Å². The molecule has 0 saturated carbocycles. The van der Waals surface area contributed by atoms with Crippen LogP contribution in [-0.4, -0.2) is 21.4 Å². The Morgan fingerprint density at radius 3 is 1.18 bits per heavy atom. The van der Waals surface area contributed by atoms with Gasteiger partial charge in [0.15, 0.2) is 0 Å².